The van der Waals surface area contributed by atoms with Crippen LogP contribution in [0.1, 0.15) is 23.5 Å². The number of rotatable bonds is 3. The number of hydrogen-bond acceptors (Lipinski definition) is 2. The van der Waals surface area contributed by atoms with Gasteiger partial charge in [0.1, 0.15) is 6.10 Å². The topological polar surface area (TPSA) is 26.3 Å². The Hall–Kier alpha value is -2.35. The number of ether oxygens (including phenoxy) is 1. The minimum Gasteiger partial charge on any atom is -0.496 e. The number of hydrogen-bond donors (Lipinski definition) is 0. The predicted octanol–water partition coefficient (Wildman–Crippen LogP) is 3.69. The molecular formula is C18H16O2. The highest BCUT2D eigenvalue weighted by Crippen LogP contribution is 2.32. The van der Waals surface area contributed by atoms with Gasteiger partial charge in [-0.25, -0.2) is 0 Å². The van der Waals surface area contributed by atoms with Crippen molar-refractivity contribution in [3.05, 3.63) is 84.1 Å². The van der Waals surface area contributed by atoms with Crippen LogP contribution >= 0.6 is 0 Å². The molecule has 2 aromatic rings. The summed E-state index contributed by atoms with van der Waals surface area (Å²) < 4.78 is 5.72. The molecule has 1 atom stereocenters. The fourth-order valence-electron chi connectivity index (χ4n) is 2.67. The molecule has 0 radical (unpaired) electrons. The summed E-state index contributed by atoms with van der Waals surface area (Å²) in [4.78, 5) is 11.7. The number of ketones is 1. The first-order valence-corrected chi connectivity index (χ1v) is 6.79. The number of benzene rings is 2. The van der Waals surface area contributed by atoms with Crippen LogP contribution in [0.15, 0.2) is 73.0 Å². The summed E-state index contributed by atoms with van der Waals surface area (Å²) in [7, 11) is 0. The van der Waals surface area contributed by atoms with Gasteiger partial charge < -0.3 is 4.74 Å². The highest BCUT2D eigenvalue weighted by molar-refractivity contribution is 5.90. The second-order valence-corrected chi connectivity index (χ2v) is 4.95. The molecule has 0 saturated heterocycles. The average molecular weight is 264 g/mol. The Morgan fingerprint density at radius 2 is 1.45 bits per heavy atom. The monoisotopic (exact) mass is 264 g/mol. The summed E-state index contributed by atoms with van der Waals surface area (Å²) >= 11 is 0. The van der Waals surface area contributed by atoms with Crippen molar-refractivity contribution in [2.24, 2.45) is 0 Å². The van der Waals surface area contributed by atoms with E-state index in [4.69, 9.17) is 4.74 Å². The van der Waals surface area contributed by atoms with Gasteiger partial charge in [-0.2, -0.15) is 0 Å². The summed E-state index contributed by atoms with van der Waals surface area (Å²) in [6, 6.07) is 20.4. The molecule has 3 rings (SSSR count). The maximum atomic E-state index is 11.7. The molecule has 0 N–H and O–H groups in total. The normalized spacial score (nSPS) is 18.1. The first-order valence-electron chi connectivity index (χ1n) is 6.79. The molecule has 2 nitrogen and oxygen atoms in total. The van der Waals surface area contributed by atoms with Gasteiger partial charge in [0.15, 0.2) is 5.78 Å². The third-order valence-corrected chi connectivity index (χ3v) is 3.60. The molecule has 1 aliphatic rings. The SMILES string of the molecule is O=C1C=CO[C@@H](C(c2ccccc2)c2ccccc2)C1. The van der Waals surface area contributed by atoms with E-state index in [1.54, 1.807) is 0 Å². The second-order valence-electron chi connectivity index (χ2n) is 4.95. The molecule has 2 heteroatoms. The fraction of sp³-hybridized carbons (Fsp3) is 0.167. The lowest BCUT2D eigenvalue weighted by molar-refractivity contribution is -0.118. The maximum Gasteiger partial charge on any atom is 0.162 e. The molecule has 0 bridgehead atoms. The van der Waals surface area contributed by atoms with E-state index in [9.17, 15) is 4.79 Å². The van der Waals surface area contributed by atoms with Gasteiger partial charge in [-0.1, -0.05) is 60.7 Å². The van der Waals surface area contributed by atoms with Crippen molar-refractivity contribution in [1.29, 1.82) is 0 Å². The molecule has 2 aromatic carbocycles. The molecule has 0 fully saturated rings. The van der Waals surface area contributed by atoms with Gasteiger partial charge in [-0.15, -0.1) is 0 Å². The van der Waals surface area contributed by atoms with Crippen molar-refractivity contribution in [3.8, 4) is 0 Å². The van der Waals surface area contributed by atoms with Crippen LogP contribution in [-0.2, 0) is 9.53 Å². The van der Waals surface area contributed by atoms with Gasteiger partial charge in [0.25, 0.3) is 0 Å². The average Bonchev–Trinajstić information content (AvgIpc) is 2.50. The van der Waals surface area contributed by atoms with Crippen LogP contribution in [0.3, 0.4) is 0 Å². The lowest BCUT2D eigenvalue weighted by Gasteiger charge is -2.28. The number of carbonyl (C=O) groups is 1. The van der Waals surface area contributed by atoms with Crippen LogP contribution in [0.2, 0.25) is 0 Å². The lowest BCUT2D eigenvalue weighted by Crippen LogP contribution is -2.27. The first kappa shape index (κ1) is 12.7. The van der Waals surface area contributed by atoms with E-state index in [0.717, 1.165) is 0 Å². The Bertz CT molecular complexity index is 562. The summed E-state index contributed by atoms with van der Waals surface area (Å²) in [5.74, 6) is 0.199. The maximum absolute atomic E-state index is 11.7. The van der Waals surface area contributed by atoms with Crippen LogP contribution in [0.25, 0.3) is 0 Å². The quantitative estimate of drug-likeness (QED) is 0.845. The molecule has 0 saturated carbocycles. The van der Waals surface area contributed by atoms with Gasteiger partial charge in [0, 0.05) is 18.4 Å². The lowest BCUT2D eigenvalue weighted by atomic mass is 9.84. The Kier molecular flexibility index (Phi) is 3.64. The van der Waals surface area contributed by atoms with E-state index in [-0.39, 0.29) is 17.8 Å². The highest BCUT2D eigenvalue weighted by Gasteiger charge is 2.29. The molecule has 100 valence electrons. The molecule has 0 aliphatic carbocycles. The molecular weight excluding hydrogens is 248 g/mol. The zero-order valence-electron chi connectivity index (χ0n) is 11.1. The first-order chi connectivity index (χ1) is 9.84. The zero-order valence-corrected chi connectivity index (χ0v) is 11.1. The zero-order chi connectivity index (χ0) is 13.8. The van der Waals surface area contributed by atoms with Crippen molar-refractivity contribution >= 4 is 5.78 Å². The smallest absolute Gasteiger partial charge is 0.162 e. The van der Waals surface area contributed by atoms with Crippen LogP contribution in [0.4, 0.5) is 0 Å². The highest BCUT2D eigenvalue weighted by atomic mass is 16.5. The van der Waals surface area contributed by atoms with Crippen LogP contribution in [0.5, 0.6) is 0 Å². The third kappa shape index (κ3) is 2.64. The second kappa shape index (κ2) is 5.74. The van der Waals surface area contributed by atoms with E-state index >= 15 is 0 Å². The Morgan fingerprint density at radius 3 is 1.95 bits per heavy atom. The predicted molar refractivity (Wildman–Crippen MR) is 78.4 cm³/mol. The van der Waals surface area contributed by atoms with E-state index in [0.29, 0.717) is 6.42 Å². The number of allylic oxidation sites excluding steroid dienone is 1. The Morgan fingerprint density at radius 1 is 0.900 bits per heavy atom. The largest absolute Gasteiger partial charge is 0.496 e. The van der Waals surface area contributed by atoms with Crippen molar-refractivity contribution in [1.82, 2.24) is 0 Å². The van der Waals surface area contributed by atoms with E-state index in [2.05, 4.69) is 24.3 Å². The van der Waals surface area contributed by atoms with Gasteiger partial charge in [-0.3, -0.25) is 4.79 Å². The van der Waals surface area contributed by atoms with E-state index in [1.807, 2.05) is 36.4 Å². The van der Waals surface area contributed by atoms with Gasteiger partial charge in [-0.05, 0) is 11.1 Å². The fourth-order valence-corrected chi connectivity index (χ4v) is 2.67. The molecule has 1 aliphatic heterocycles. The standard InChI is InChI=1S/C18H16O2/c19-16-11-12-20-17(13-16)18(14-7-3-1-4-8-14)15-9-5-2-6-10-15/h1-12,17-18H,13H2/t17-/m1/s1. The molecule has 0 spiro atoms. The summed E-state index contributed by atoms with van der Waals surface area (Å²) in [5, 5.41) is 0. The minimum absolute atomic E-state index is 0.0753. The minimum atomic E-state index is -0.141. The van der Waals surface area contributed by atoms with Crippen LogP contribution in [0, 0.1) is 0 Å². The van der Waals surface area contributed by atoms with Gasteiger partial charge >= 0.3 is 0 Å². The van der Waals surface area contributed by atoms with Gasteiger partial charge in [0.05, 0.1) is 6.26 Å². The van der Waals surface area contributed by atoms with E-state index < -0.39 is 0 Å². The summed E-state index contributed by atoms with van der Waals surface area (Å²) in [6.45, 7) is 0. The van der Waals surface area contributed by atoms with Crippen molar-refractivity contribution in [3.63, 3.8) is 0 Å². The molecule has 1 heterocycles. The molecule has 0 unspecified atom stereocenters. The Balaban J connectivity index is 2.00. The van der Waals surface area contributed by atoms with Crippen molar-refractivity contribution in [2.75, 3.05) is 0 Å². The summed E-state index contributed by atoms with van der Waals surface area (Å²) in [6.07, 6.45) is 3.31. The Labute approximate surface area is 118 Å². The van der Waals surface area contributed by atoms with Crippen LogP contribution in [-0.4, -0.2) is 11.9 Å². The van der Waals surface area contributed by atoms with Crippen LogP contribution < -0.4 is 0 Å². The molecule has 20 heavy (non-hydrogen) atoms. The summed E-state index contributed by atoms with van der Waals surface area (Å²) in [5.41, 5.74) is 2.35. The van der Waals surface area contributed by atoms with Crippen molar-refractivity contribution in [2.45, 2.75) is 18.4 Å². The van der Waals surface area contributed by atoms with Gasteiger partial charge in [0.2, 0.25) is 0 Å². The molecule has 0 aromatic heterocycles. The molecule has 0 amide bonds. The third-order valence-electron chi connectivity index (χ3n) is 3.60. The number of carbonyl (C=O) groups excluding carboxylic acids is 1. The van der Waals surface area contributed by atoms with E-state index in [1.165, 1.54) is 23.5 Å². The van der Waals surface area contributed by atoms with Crippen molar-refractivity contribution < 1.29 is 9.53 Å².